The highest BCUT2D eigenvalue weighted by Crippen LogP contribution is 2.25. The zero-order chi connectivity index (χ0) is 13.1. The van der Waals surface area contributed by atoms with Crippen molar-refractivity contribution in [3.8, 4) is 5.75 Å². The van der Waals surface area contributed by atoms with Gasteiger partial charge in [0.25, 0.3) is 0 Å². The maximum atomic E-state index is 6.99. The third kappa shape index (κ3) is 2.43. The summed E-state index contributed by atoms with van der Waals surface area (Å²) in [5.74, 6) is 1.56. The highest BCUT2D eigenvalue weighted by Gasteiger charge is 2.05. The number of hydrogen-bond donors (Lipinski definition) is 0. The molecule has 3 nitrogen and oxygen atoms in total. The SMILES string of the molecule is [C-]#[N+]c1ccc2oc(COc3ccccc3)cc2c1. The Hall–Kier alpha value is -2.73. The van der Waals surface area contributed by atoms with Crippen LogP contribution in [-0.2, 0) is 6.61 Å². The van der Waals surface area contributed by atoms with Crippen LogP contribution >= 0.6 is 0 Å². The molecule has 0 saturated heterocycles. The monoisotopic (exact) mass is 249 g/mol. The second kappa shape index (κ2) is 4.87. The Labute approximate surface area is 110 Å². The van der Waals surface area contributed by atoms with Crippen molar-refractivity contribution in [2.24, 2.45) is 0 Å². The fraction of sp³-hybridized carbons (Fsp3) is 0.0625. The van der Waals surface area contributed by atoms with Gasteiger partial charge in [0.1, 0.15) is 23.7 Å². The number of nitrogens with zero attached hydrogens (tertiary/aromatic N) is 1. The minimum Gasteiger partial charge on any atom is -0.486 e. The quantitative estimate of drug-likeness (QED) is 0.636. The molecule has 0 aliphatic carbocycles. The molecule has 3 aromatic rings. The van der Waals surface area contributed by atoms with E-state index in [2.05, 4.69) is 4.85 Å². The molecule has 0 amide bonds. The van der Waals surface area contributed by atoms with Gasteiger partial charge in [0, 0.05) is 5.39 Å². The van der Waals surface area contributed by atoms with Crippen LogP contribution in [0.4, 0.5) is 5.69 Å². The molecule has 0 aliphatic rings. The number of rotatable bonds is 3. The molecular weight excluding hydrogens is 238 g/mol. The van der Waals surface area contributed by atoms with E-state index in [1.54, 1.807) is 6.07 Å². The lowest BCUT2D eigenvalue weighted by molar-refractivity contribution is 0.274. The van der Waals surface area contributed by atoms with Gasteiger partial charge in [0.2, 0.25) is 0 Å². The number of para-hydroxylation sites is 1. The summed E-state index contributed by atoms with van der Waals surface area (Å²) in [6.45, 7) is 7.37. The summed E-state index contributed by atoms with van der Waals surface area (Å²) in [4.78, 5) is 3.40. The Bertz CT molecular complexity index is 738. The van der Waals surface area contributed by atoms with E-state index >= 15 is 0 Å². The van der Waals surface area contributed by atoms with E-state index in [1.165, 1.54) is 0 Å². The first-order valence-corrected chi connectivity index (χ1v) is 5.93. The van der Waals surface area contributed by atoms with E-state index < -0.39 is 0 Å². The van der Waals surface area contributed by atoms with E-state index in [1.807, 2.05) is 48.5 Å². The molecule has 0 atom stereocenters. The summed E-state index contributed by atoms with van der Waals surface area (Å²) >= 11 is 0. The third-order valence-electron chi connectivity index (χ3n) is 2.80. The molecule has 0 radical (unpaired) electrons. The Morgan fingerprint density at radius 2 is 1.89 bits per heavy atom. The maximum Gasteiger partial charge on any atom is 0.188 e. The first kappa shape index (κ1) is 11.4. The Balaban J connectivity index is 1.80. The summed E-state index contributed by atoms with van der Waals surface area (Å²) in [5, 5.41) is 0.931. The molecule has 0 spiro atoms. The Kier molecular flexibility index (Phi) is 2.91. The van der Waals surface area contributed by atoms with Crippen LogP contribution in [-0.4, -0.2) is 0 Å². The molecule has 0 N–H and O–H groups in total. The van der Waals surface area contributed by atoms with Crippen molar-refractivity contribution in [2.45, 2.75) is 6.61 Å². The van der Waals surface area contributed by atoms with Crippen LogP contribution in [0.25, 0.3) is 15.8 Å². The van der Waals surface area contributed by atoms with Crippen LogP contribution in [0, 0.1) is 6.57 Å². The van der Waals surface area contributed by atoms with Gasteiger partial charge in [-0.05, 0) is 30.3 Å². The van der Waals surface area contributed by atoms with Crippen LogP contribution in [0.15, 0.2) is 59.0 Å². The van der Waals surface area contributed by atoms with E-state index in [9.17, 15) is 0 Å². The van der Waals surface area contributed by atoms with E-state index in [4.69, 9.17) is 15.7 Å². The summed E-state index contributed by atoms with van der Waals surface area (Å²) in [6.07, 6.45) is 0. The average molecular weight is 249 g/mol. The van der Waals surface area contributed by atoms with Gasteiger partial charge in [-0.3, -0.25) is 0 Å². The van der Waals surface area contributed by atoms with Gasteiger partial charge in [-0.25, -0.2) is 4.85 Å². The Morgan fingerprint density at radius 1 is 1.05 bits per heavy atom. The minimum absolute atomic E-state index is 0.381. The molecule has 2 aromatic carbocycles. The fourth-order valence-corrected chi connectivity index (χ4v) is 1.90. The number of hydrogen-bond acceptors (Lipinski definition) is 2. The molecular formula is C16H11NO2. The molecule has 3 rings (SSSR count). The van der Waals surface area contributed by atoms with Crippen molar-refractivity contribution in [2.75, 3.05) is 0 Å². The van der Waals surface area contributed by atoms with Gasteiger partial charge < -0.3 is 9.15 Å². The number of fused-ring (bicyclic) bond motifs is 1. The predicted molar refractivity (Wildman–Crippen MR) is 73.3 cm³/mol. The summed E-state index contributed by atoms with van der Waals surface area (Å²) in [5.41, 5.74) is 1.39. The van der Waals surface area contributed by atoms with Crippen molar-refractivity contribution in [3.63, 3.8) is 0 Å². The lowest BCUT2D eigenvalue weighted by atomic mass is 10.2. The zero-order valence-corrected chi connectivity index (χ0v) is 10.2. The lowest BCUT2D eigenvalue weighted by Crippen LogP contribution is -1.92. The molecule has 0 unspecified atom stereocenters. The first-order chi connectivity index (χ1) is 9.35. The number of furan rings is 1. The summed E-state index contributed by atoms with van der Waals surface area (Å²) in [7, 11) is 0. The van der Waals surface area contributed by atoms with Gasteiger partial charge >= 0.3 is 0 Å². The number of ether oxygens (including phenoxy) is 1. The highest BCUT2D eigenvalue weighted by atomic mass is 16.5. The van der Waals surface area contributed by atoms with Crippen LogP contribution in [0.2, 0.25) is 0 Å². The molecule has 0 fully saturated rings. The maximum absolute atomic E-state index is 6.99. The number of benzene rings is 2. The van der Waals surface area contributed by atoms with E-state index in [0.717, 1.165) is 22.5 Å². The van der Waals surface area contributed by atoms with Crippen LogP contribution in [0.5, 0.6) is 5.75 Å². The van der Waals surface area contributed by atoms with Gasteiger partial charge in [-0.15, -0.1) is 0 Å². The topological polar surface area (TPSA) is 26.7 Å². The average Bonchev–Trinajstić information content (AvgIpc) is 2.88. The Morgan fingerprint density at radius 3 is 2.68 bits per heavy atom. The van der Waals surface area contributed by atoms with Gasteiger partial charge in [0.05, 0.1) is 6.57 Å². The lowest BCUT2D eigenvalue weighted by Gasteiger charge is -2.02. The highest BCUT2D eigenvalue weighted by molar-refractivity contribution is 5.82. The molecule has 92 valence electrons. The molecule has 0 aliphatic heterocycles. The second-order valence-electron chi connectivity index (χ2n) is 4.15. The predicted octanol–water partition coefficient (Wildman–Crippen LogP) is 4.56. The summed E-state index contributed by atoms with van der Waals surface area (Å²) < 4.78 is 11.3. The van der Waals surface area contributed by atoms with E-state index in [0.29, 0.717) is 12.3 Å². The zero-order valence-electron chi connectivity index (χ0n) is 10.2. The van der Waals surface area contributed by atoms with Gasteiger partial charge in [-0.2, -0.15) is 0 Å². The first-order valence-electron chi connectivity index (χ1n) is 5.93. The molecule has 1 heterocycles. The van der Waals surface area contributed by atoms with Crippen LogP contribution < -0.4 is 4.74 Å². The molecule has 1 aromatic heterocycles. The van der Waals surface area contributed by atoms with Crippen molar-refractivity contribution >= 4 is 16.7 Å². The van der Waals surface area contributed by atoms with Crippen LogP contribution in [0.1, 0.15) is 5.76 Å². The normalized spacial score (nSPS) is 10.3. The smallest absolute Gasteiger partial charge is 0.188 e. The minimum atomic E-state index is 0.381. The molecule has 0 bridgehead atoms. The largest absolute Gasteiger partial charge is 0.486 e. The van der Waals surface area contributed by atoms with Crippen LogP contribution in [0.3, 0.4) is 0 Å². The van der Waals surface area contributed by atoms with Crippen molar-refractivity contribution in [3.05, 3.63) is 71.8 Å². The molecule has 0 saturated carbocycles. The summed E-state index contributed by atoms with van der Waals surface area (Å²) in [6, 6.07) is 16.9. The van der Waals surface area contributed by atoms with Crippen molar-refractivity contribution in [1.82, 2.24) is 0 Å². The molecule has 19 heavy (non-hydrogen) atoms. The third-order valence-corrected chi connectivity index (χ3v) is 2.80. The molecule has 3 heteroatoms. The van der Waals surface area contributed by atoms with Crippen molar-refractivity contribution < 1.29 is 9.15 Å². The standard InChI is InChI=1S/C16H11NO2/c1-17-13-7-8-16-12(9-13)10-15(19-16)11-18-14-5-3-2-4-6-14/h2-10H,11H2. The van der Waals surface area contributed by atoms with E-state index in [-0.39, 0.29) is 0 Å². The van der Waals surface area contributed by atoms with Gasteiger partial charge in [0.15, 0.2) is 5.69 Å². The van der Waals surface area contributed by atoms with Gasteiger partial charge in [-0.1, -0.05) is 24.3 Å². The second-order valence-corrected chi connectivity index (χ2v) is 4.15. The fourth-order valence-electron chi connectivity index (χ4n) is 1.90. The van der Waals surface area contributed by atoms with Crippen molar-refractivity contribution in [1.29, 1.82) is 0 Å².